The first-order valence-electron chi connectivity index (χ1n) is 7.29. The van der Waals surface area contributed by atoms with Crippen LogP contribution in [0.3, 0.4) is 0 Å². The fourth-order valence-corrected chi connectivity index (χ4v) is 2.13. The number of nitrogens with zero attached hydrogens (tertiary/aromatic N) is 5. The summed E-state index contributed by atoms with van der Waals surface area (Å²) in [4.78, 5) is 27.8. The molecular formula is C16H13N5O4. The van der Waals surface area contributed by atoms with Crippen LogP contribution in [0, 0.1) is 24.0 Å². The minimum Gasteiger partial charge on any atom is -0.413 e. The number of rotatable bonds is 4. The van der Waals surface area contributed by atoms with Crippen molar-refractivity contribution in [1.29, 1.82) is 0 Å². The smallest absolute Gasteiger partial charge is 0.407 e. The SMILES string of the molecule is Cc1ccc(OC(=O)c2nn(-c3ccccc3)nc2C)c([N+](=O)[O-])n1. The Balaban J connectivity index is 1.90. The second-order valence-corrected chi connectivity index (χ2v) is 5.18. The molecule has 0 aliphatic heterocycles. The Morgan fingerprint density at radius 3 is 2.52 bits per heavy atom. The summed E-state index contributed by atoms with van der Waals surface area (Å²) in [6.07, 6.45) is 0. The normalized spacial score (nSPS) is 10.5. The van der Waals surface area contributed by atoms with E-state index < -0.39 is 16.7 Å². The van der Waals surface area contributed by atoms with Crippen LogP contribution in [-0.2, 0) is 0 Å². The fourth-order valence-electron chi connectivity index (χ4n) is 2.13. The topological polar surface area (TPSA) is 113 Å². The van der Waals surface area contributed by atoms with E-state index in [2.05, 4.69) is 15.2 Å². The lowest BCUT2D eigenvalue weighted by Crippen LogP contribution is -2.13. The Bertz CT molecular complexity index is 952. The van der Waals surface area contributed by atoms with Gasteiger partial charge in [0.05, 0.1) is 11.4 Å². The Morgan fingerprint density at radius 2 is 1.84 bits per heavy atom. The molecule has 3 rings (SSSR count). The van der Waals surface area contributed by atoms with Gasteiger partial charge >= 0.3 is 11.8 Å². The van der Waals surface area contributed by atoms with E-state index >= 15 is 0 Å². The predicted octanol–water partition coefficient (Wildman–Crippen LogP) is 2.41. The van der Waals surface area contributed by atoms with Gasteiger partial charge in [-0.3, -0.25) is 0 Å². The molecule has 0 spiro atoms. The quantitative estimate of drug-likeness (QED) is 0.407. The van der Waals surface area contributed by atoms with Crippen LogP contribution in [0.4, 0.5) is 5.82 Å². The van der Waals surface area contributed by atoms with Gasteiger partial charge in [0.1, 0.15) is 5.69 Å². The molecule has 126 valence electrons. The average molecular weight is 339 g/mol. The van der Waals surface area contributed by atoms with Gasteiger partial charge in [-0.25, -0.2) is 4.79 Å². The van der Waals surface area contributed by atoms with Crippen molar-refractivity contribution in [2.45, 2.75) is 13.8 Å². The number of aryl methyl sites for hydroxylation is 2. The summed E-state index contributed by atoms with van der Waals surface area (Å²) in [5.41, 5.74) is 1.43. The minimum absolute atomic E-state index is 0.0290. The van der Waals surface area contributed by atoms with Crippen molar-refractivity contribution >= 4 is 11.8 Å². The fraction of sp³-hybridized carbons (Fsp3) is 0.125. The molecule has 0 fully saturated rings. The predicted molar refractivity (Wildman–Crippen MR) is 86.7 cm³/mol. The molecule has 1 aromatic carbocycles. The lowest BCUT2D eigenvalue weighted by molar-refractivity contribution is -0.390. The summed E-state index contributed by atoms with van der Waals surface area (Å²) in [7, 11) is 0. The molecule has 0 aliphatic rings. The van der Waals surface area contributed by atoms with Crippen LogP contribution in [0.5, 0.6) is 5.75 Å². The zero-order valence-corrected chi connectivity index (χ0v) is 13.4. The third-order valence-electron chi connectivity index (χ3n) is 3.32. The summed E-state index contributed by atoms with van der Waals surface area (Å²) in [5, 5.41) is 19.3. The standard InChI is InChI=1S/C16H13N5O4/c1-10-8-9-13(15(17-10)21(23)24)25-16(22)14-11(2)18-20(19-14)12-6-4-3-5-7-12/h3-9H,1-2H3. The Labute approximate surface area is 142 Å². The van der Waals surface area contributed by atoms with Crippen LogP contribution in [0.1, 0.15) is 21.9 Å². The molecule has 0 radical (unpaired) electrons. The summed E-state index contributed by atoms with van der Waals surface area (Å²) in [5.74, 6) is -1.61. The summed E-state index contributed by atoms with van der Waals surface area (Å²) < 4.78 is 5.12. The number of carbonyl (C=O) groups excluding carboxylic acids is 1. The van der Waals surface area contributed by atoms with Crippen molar-refractivity contribution in [3.63, 3.8) is 0 Å². The number of nitro groups is 1. The van der Waals surface area contributed by atoms with Gasteiger partial charge in [-0.05, 0) is 41.1 Å². The van der Waals surface area contributed by atoms with Crippen LogP contribution in [0.25, 0.3) is 5.69 Å². The number of esters is 1. The number of pyridine rings is 1. The highest BCUT2D eigenvalue weighted by Crippen LogP contribution is 2.25. The number of ether oxygens (including phenoxy) is 1. The Kier molecular flexibility index (Phi) is 4.21. The third kappa shape index (κ3) is 3.34. The number of benzene rings is 1. The van der Waals surface area contributed by atoms with Gasteiger partial charge in [-0.1, -0.05) is 18.2 Å². The van der Waals surface area contributed by atoms with Gasteiger partial charge in [0.25, 0.3) is 0 Å². The lowest BCUT2D eigenvalue weighted by atomic mass is 10.3. The minimum atomic E-state index is -0.839. The van der Waals surface area contributed by atoms with E-state index in [1.807, 2.05) is 18.2 Å². The van der Waals surface area contributed by atoms with Crippen molar-refractivity contribution in [2.24, 2.45) is 0 Å². The summed E-state index contributed by atoms with van der Waals surface area (Å²) >= 11 is 0. The van der Waals surface area contributed by atoms with E-state index in [-0.39, 0.29) is 11.4 Å². The van der Waals surface area contributed by atoms with Gasteiger partial charge in [0, 0.05) is 6.92 Å². The number of para-hydroxylation sites is 1. The van der Waals surface area contributed by atoms with Gasteiger partial charge in [0.15, 0.2) is 5.69 Å². The van der Waals surface area contributed by atoms with E-state index in [4.69, 9.17) is 4.74 Å². The molecule has 9 heteroatoms. The van der Waals surface area contributed by atoms with Crippen molar-refractivity contribution in [2.75, 3.05) is 0 Å². The van der Waals surface area contributed by atoms with Crippen molar-refractivity contribution in [3.8, 4) is 11.4 Å². The Hall–Kier alpha value is -3.62. The average Bonchev–Trinajstić information content (AvgIpc) is 2.99. The second kappa shape index (κ2) is 6.48. The molecular weight excluding hydrogens is 326 g/mol. The molecule has 25 heavy (non-hydrogen) atoms. The highest BCUT2D eigenvalue weighted by Gasteiger charge is 2.24. The zero-order chi connectivity index (χ0) is 18.0. The maximum absolute atomic E-state index is 12.4. The Morgan fingerprint density at radius 1 is 1.12 bits per heavy atom. The largest absolute Gasteiger partial charge is 0.413 e. The van der Waals surface area contributed by atoms with Gasteiger partial charge in [0.2, 0.25) is 5.75 Å². The lowest BCUT2D eigenvalue weighted by Gasteiger charge is -2.03. The van der Waals surface area contributed by atoms with Gasteiger partial charge in [-0.15, -0.1) is 5.10 Å². The monoisotopic (exact) mass is 339 g/mol. The van der Waals surface area contributed by atoms with Crippen LogP contribution in [-0.4, -0.2) is 30.9 Å². The molecule has 3 aromatic rings. The number of aromatic nitrogens is 4. The van der Waals surface area contributed by atoms with E-state index in [9.17, 15) is 14.9 Å². The van der Waals surface area contributed by atoms with E-state index in [0.29, 0.717) is 17.1 Å². The second-order valence-electron chi connectivity index (χ2n) is 5.18. The first-order chi connectivity index (χ1) is 12.0. The molecule has 0 N–H and O–H groups in total. The molecule has 0 amide bonds. The number of carbonyl (C=O) groups is 1. The summed E-state index contributed by atoms with van der Waals surface area (Å²) in [6, 6.07) is 11.9. The molecule has 0 aliphatic carbocycles. The third-order valence-corrected chi connectivity index (χ3v) is 3.32. The van der Waals surface area contributed by atoms with Gasteiger partial charge < -0.3 is 14.9 Å². The van der Waals surface area contributed by atoms with E-state index in [0.717, 1.165) is 0 Å². The number of hydrogen-bond acceptors (Lipinski definition) is 7. The molecule has 0 saturated heterocycles. The van der Waals surface area contributed by atoms with Crippen molar-refractivity contribution < 1.29 is 14.5 Å². The first kappa shape index (κ1) is 16.2. The molecule has 0 unspecified atom stereocenters. The van der Waals surface area contributed by atoms with Crippen molar-refractivity contribution in [3.05, 3.63) is 69.7 Å². The molecule has 0 bridgehead atoms. The molecule has 2 heterocycles. The van der Waals surface area contributed by atoms with Crippen molar-refractivity contribution in [1.82, 2.24) is 20.0 Å². The molecule has 0 saturated carbocycles. The molecule has 9 nitrogen and oxygen atoms in total. The van der Waals surface area contributed by atoms with E-state index in [1.54, 1.807) is 26.0 Å². The molecule has 2 aromatic heterocycles. The van der Waals surface area contributed by atoms with Crippen LogP contribution in [0.15, 0.2) is 42.5 Å². The van der Waals surface area contributed by atoms with E-state index in [1.165, 1.54) is 16.9 Å². The maximum atomic E-state index is 12.4. The van der Waals surface area contributed by atoms with Gasteiger partial charge in [-0.2, -0.15) is 9.90 Å². The highest BCUT2D eigenvalue weighted by molar-refractivity contribution is 5.90. The zero-order valence-electron chi connectivity index (χ0n) is 13.4. The highest BCUT2D eigenvalue weighted by atomic mass is 16.6. The molecule has 0 atom stereocenters. The first-order valence-corrected chi connectivity index (χ1v) is 7.29. The summed E-state index contributed by atoms with van der Waals surface area (Å²) in [6.45, 7) is 3.21. The van der Waals surface area contributed by atoms with Crippen LogP contribution in [0.2, 0.25) is 0 Å². The number of hydrogen-bond donors (Lipinski definition) is 0. The van der Waals surface area contributed by atoms with Crippen LogP contribution < -0.4 is 4.74 Å². The van der Waals surface area contributed by atoms with Crippen LogP contribution >= 0.6 is 0 Å². The maximum Gasteiger partial charge on any atom is 0.407 e.